The van der Waals surface area contributed by atoms with E-state index in [2.05, 4.69) is 23.5 Å². The maximum atomic E-state index is 11.7. The molecule has 2 heterocycles. The molecule has 0 spiro atoms. The summed E-state index contributed by atoms with van der Waals surface area (Å²) in [7, 11) is 2.08. The number of aromatic amines is 1. The Kier molecular flexibility index (Phi) is 4.35. The Labute approximate surface area is 136 Å². The number of nitrogens with zero attached hydrogens (tertiary/aromatic N) is 2. The quantitative estimate of drug-likeness (QED) is 0.776. The Balaban J connectivity index is 1.64. The number of piperidine rings is 1. The van der Waals surface area contributed by atoms with Gasteiger partial charge in [0, 0.05) is 43.6 Å². The van der Waals surface area contributed by atoms with Crippen LogP contribution in [-0.2, 0) is 4.79 Å². The van der Waals surface area contributed by atoms with Gasteiger partial charge in [-0.15, -0.1) is 0 Å². The number of aliphatic hydroxyl groups excluding tert-OH is 1. The Bertz CT molecular complexity index is 597. The average Bonchev–Trinajstić information content (AvgIpc) is 3.17. The topological polar surface area (TPSA) is 85.6 Å². The van der Waals surface area contributed by atoms with Gasteiger partial charge in [-0.25, -0.2) is 0 Å². The summed E-state index contributed by atoms with van der Waals surface area (Å²) in [6, 6.07) is 2.38. The highest BCUT2D eigenvalue weighted by Gasteiger charge is 2.40. The summed E-state index contributed by atoms with van der Waals surface area (Å²) in [5.41, 5.74) is 7.85. The van der Waals surface area contributed by atoms with Crippen LogP contribution < -0.4 is 5.73 Å². The molecular formula is C17H26N4O2. The van der Waals surface area contributed by atoms with Crippen molar-refractivity contribution in [3.63, 3.8) is 0 Å². The number of aliphatic hydroxyl groups is 1. The lowest BCUT2D eigenvalue weighted by Gasteiger charge is -2.34. The Morgan fingerprint density at radius 1 is 1.52 bits per heavy atom. The standard InChI is InChI=1S/C17H26N4O2/c1-11(15-3-5-19-17(15)18)20(2)14-7-12-4-6-21(16(23)10-22)9-13(12)8-14/h3,5,12-14,19,22H,1,4,6-10,18H2,2H3. The van der Waals surface area contributed by atoms with Gasteiger partial charge in [0.05, 0.1) is 0 Å². The summed E-state index contributed by atoms with van der Waals surface area (Å²) < 4.78 is 0. The first-order chi connectivity index (χ1) is 11.0. The first kappa shape index (κ1) is 15.9. The van der Waals surface area contributed by atoms with Gasteiger partial charge in [-0.05, 0) is 37.2 Å². The van der Waals surface area contributed by atoms with Crippen molar-refractivity contribution < 1.29 is 9.90 Å². The van der Waals surface area contributed by atoms with Crippen LogP contribution in [0.15, 0.2) is 18.8 Å². The zero-order chi connectivity index (χ0) is 16.6. The average molecular weight is 318 g/mol. The minimum Gasteiger partial charge on any atom is -0.387 e. The van der Waals surface area contributed by atoms with Crippen molar-refractivity contribution in [2.24, 2.45) is 11.8 Å². The first-order valence-corrected chi connectivity index (χ1v) is 8.24. The van der Waals surface area contributed by atoms with E-state index in [1.54, 1.807) is 0 Å². The molecule has 1 saturated heterocycles. The minimum atomic E-state index is -0.385. The van der Waals surface area contributed by atoms with Crippen molar-refractivity contribution in [2.75, 3.05) is 32.5 Å². The molecule has 0 bridgehead atoms. The van der Waals surface area contributed by atoms with Crippen molar-refractivity contribution in [1.29, 1.82) is 0 Å². The molecular weight excluding hydrogens is 292 g/mol. The van der Waals surface area contributed by atoms with Crippen LogP contribution in [0.25, 0.3) is 5.70 Å². The van der Waals surface area contributed by atoms with Gasteiger partial charge in [0.1, 0.15) is 12.4 Å². The third-order valence-corrected chi connectivity index (χ3v) is 5.59. The maximum Gasteiger partial charge on any atom is 0.248 e. The number of anilines is 1. The molecule has 1 aromatic rings. The number of amides is 1. The van der Waals surface area contributed by atoms with Gasteiger partial charge in [0.2, 0.25) is 5.91 Å². The molecule has 126 valence electrons. The van der Waals surface area contributed by atoms with Gasteiger partial charge >= 0.3 is 0 Å². The van der Waals surface area contributed by atoms with E-state index in [1.165, 1.54) is 0 Å². The van der Waals surface area contributed by atoms with Gasteiger partial charge in [0.15, 0.2) is 0 Å². The summed E-state index contributed by atoms with van der Waals surface area (Å²) in [5, 5.41) is 9.05. The molecule has 2 aliphatic rings. The first-order valence-electron chi connectivity index (χ1n) is 8.24. The molecule has 3 unspecified atom stereocenters. The van der Waals surface area contributed by atoms with Crippen molar-refractivity contribution >= 4 is 17.4 Å². The molecule has 6 nitrogen and oxygen atoms in total. The number of nitrogen functional groups attached to an aromatic ring is 1. The van der Waals surface area contributed by atoms with Crippen LogP contribution in [-0.4, -0.2) is 58.6 Å². The summed E-state index contributed by atoms with van der Waals surface area (Å²) in [6.45, 7) is 5.36. The number of nitrogens with one attached hydrogen (secondary N) is 1. The lowest BCUT2D eigenvalue weighted by molar-refractivity contribution is -0.136. The number of rotatable bonds is 4. The number of fused-ring (bicyclic) bond motifs is 1. The molecule has 1 aliphatic carbocycles. The second-order valence-corrected chi connectivity index (χ2v) is 6.79. The van der Waals surface area contributed by atoms with Crippen LogP contribution in [0.2, 0.25) is 0 Å². The lowest BCUT2D eigenvalue weighted by Crippen LogP contribution is -2.43. The molecule has 1 aromatic heterocycles. The van der Waals surface area contributed by atoms with Crippen LogP contribution in [0.5, 0.6) is 0 Å². The number of carbonyl (C=O) groups is 1. The van der Waals surface area contributed by atoms with E-state index in [4.69, 9.17) is 10.8 Å². The second kappa shape index (κ2) is 6.28. The second-order valence-electron chi connectivity index (χ2n) is 6.79. The Morgan fingerprint density at radius 2 is 2.26 bits per heavy atom. The molecule has 3 atom stereocenters. The zero-order valence-corrected chi connectivity index (χ0v) is 13.7. The lowest BCUT2D eigenvalue weighted by atomic mass is 9.89. The van der Waals surface area contributed by atoms with Crippen LogP contribution in [0, 0.1) is 11.8 Å². The molecule has 4 N–H and O–H groups in total. The molecule has 0 radical (unpaired) electrons. The fourth-order valence-corrected chi connectivity index (χ4v) is 4.14. The van der Waals surface area contributed by atoms with Crippen LogP contribution in [0.4, 0.5) is 5.82 Å². The summed E-state index contributed by atoms with van der Waals surface area (Å²) >= 11 is 0. The number of H-pyrrole nitrogens is 1. The highest BCUT2D eigenvalue weighted by atomic mass is 16.3. The van der Waals surface area contributed by atoms with Crippen molar-refractivity contribution in [1.82, 2.24) is 14.8 Å². The van der Waals surface area contributed by atoms with E-state index < -0.39 is 0 Å². The molecule has 6 heteroatoms. The van der Waals surface area contributed by atoms with E-state index in [9.17, 15) is 4.79 Å². The van der Waals surface area contributed by atoms with Gasteiger partial charge in [-0.3, -0.25) is 4.79 Å². The van der Waals surface area contributed by atoms with Crippen molar-refractivity contribution in [2.45, 2.75) is 25.3 Å². The maximum absolute atomic E-state index is 11.7. The fourth-order valence-electron chi connectivity index (χ4n) is 4.14. The molecule has 1 amide bonds. The van der Waals surface area contributed by atoms with Crippen LogP contribution >= 0.6 is 0 Å². The van der Waals surface area contributed by atoms with Crippen LogP contribution in [0.1, 0.15) is 24.8 Å². The third-order valence-electron chi connectivity index (χ3n) is 5.59. The number of hydrogen-bond donors (Lipinski definition) is 3. The van der Waals surface area contributed by atoms with E-state index in [0.29, 0.717) is 23.7 Å². The largest absolute Gasteiger partial charge is 0.387 e. The highest BCUT2D eigenvalue weighted by molar-refractivity contribution is 5.77. The van der Waals surface area contributed by atoms with E-state index >= 15 is 0 Å². The third kappa shape index (κ3) is 2.95. The molecule has 3 rings (SSSR count). The number of hydrogen-bond acceptors (Lipinski definition) is 4. The van der Waals surface area contributed by atoms with E-state index in [-0.39, 0.29) is 12.5 Å². The molecule has 0 aromatic carbocycles. The van der Waals surface area contributed by atoms with Crippen molar-refractivity contribution in [3.05, 3.63) is 24.4 Å². The smallest absolute Gasteiger partial charge is 0.248 e. The van der Waals surface area contributed by atoms with Crippen molar-refractivity contribution in [3.8, 4) is 0 Å². The predicted molar refractivity (Wildman–Crippen MR) is 90.3 cm³/mol. The number of likely N-dealkylation sites (tertiary alicyclic amines) is 1. The molecule has 23 heavy (non-hydrogen) atoms. The van der Waals surface area contributed by atoms with Gasteiger partial charge < -0.3 is 25.6 Å². The number of nitrogens with two attached hydrogens (primary N) is 1. The monoisotopic (exact) mass is 318 g/mol. The summed E-state index contributed by atoms with van der Waals surface area (Å²) in [6.07, 6.45) is 5.04. The van der Waals surface area contributed by atoms with Gasteiger partial charge in [-0.2, -0.15) is 0 Å². The highest BCUT2D eigenvalue weighted by Crippen LogP contribution is 2.41. The number of aromatic nitrogens is 1. The SMILES string of the molecule is C=C(c1cc[nH]c1N)N(C)C1CC2CCN(C(=O)CO)CC2C1. The molecule has 2 fully saturated rings. The van der Waals surface area contributed by atoms with Gasteiger partial charge in [-0.1, -0.05) is 6.58 Å². The van der Waals surface area contributed by atoms with Crippen LogP contribution in [0.3, 0.4) is 0 Å². The Hall–Kier alpha value is -1.95. The molecule has 1 aliphatic heterocycles. The molecule has 1 saturated carbocycles. The number of carbonyl (C=O) groups excluding carboxylic acids is 1. The fraction of sp³-hybridized carbons (Fsp3) is 0.588. The summed E-state index contributed by atoms with van der Waals surface area (Å²) in [4.78, 5) is 18.7. The van der Waals surface area contributed by atoms with Gasteiger partial charge in [0.25, 0.3) is 0 Å². The predicted octanol–water partition coefficient (Wildman–Crippen LogP) is 1.12. The summed E-state index contributed by atoms with van der Waals surface area (Å²) in [5.74, 6) is 1.67. The van der Waals surface area contributed by atoms with E-state index in [0.717, 1.165) is 43.6 Å². The Morgan fingerprint density at radius 3 is 2.91 bits per heavy atom. The van der Waals surface area contributed by atoms with E-state index in [1.807, 2.05) is 17.2 Å². The zero-order valence-electron chi connectivity index (χ0n) is 13.7. The normalized spacial score (nSPS) is 26.9. The minimum absolute atomic E-state index is 0.148.